The third-order valence-electron chi connectivity index (χ3n) is 4.13. The summed E-state index contributed by atoms with van der Waals surface area (Å²) < 4.78 is 28.0. The number of benzene rings is 1. The Morgan fingerprint density at radius 1 is 1.07 bits per heavy atom. The van der Waals surface area contributed by atoms with Crippen LogP contribution in [-0.2, 0) is 9.84 Å². The molecule has 1 aromatic carbocycles. The average Bonchev–Trinajstić information content (AvgIpc) is 3.00. The van der Waals surface area contributed by atoms with E-state index in [1.54, 1.807) is 37.4 Å². The van der Waals surface area contributed by atoms with Crippen molar-refractivity contribution in [2.75, 3.05) is 23.9 Å². The van der Waals surface area contributed by atoms with Gasteiger partial charge in [0.1, 0.15) is 17.1 Å². The Morgan fingerprint density at radius 2 is 1.74 bits per heavy atom. The van der Waals surface area contributed by atoms with Gasteiger partial charge in [-0.25, -0.2) is 13.4 Å². The Morgan fingerprint density at radius 3 is 2.33 bits per heavy atom. The molecule has 1 aromatic heterocycles. The van der Waals surface area contributed by atoms with E-state index in [0.29, 0.717) is 17.9 Å². The number of methoxy groups -OCH3 is 1. The molecule has 1 aliphatic rings. The highest BCUT2D eigenvalue weighted by Crippen LogP contribution is 2.16. The second kappa shape index (κ2) is 7.75. The average molecular weight is 389 g/mol. The molecule has 0 radical (unpaired) electrons. The van der Waals surface area contributed by atoms with Gasteiger partial charge in [-0.1, -0.05) is 6.07 Å². The zero-order chi connectivity index (χ0) is 19.4. The third kappa shape index (κ3) is 4.82. The van der Waals surface area contributed by atoms with Crippen LogP contribution in [0.3, 0.4) is 0 Å². The van der Waals surface area contributed by atoms with E-state index in [1.807, 2.05) is 0 Å². The Labute approximate surface area is 156 Å². The normalized spacial score (nSPS) is 17.9. The van der Waals surface area contributed by atoms with Gasteiger partial charge in [0, 0.05) is 11.7 Å². The molecule has 142 valence electrons. The summed E-state index contributed by atoms with van der Waals surface area (Å²) in [6.07, 6.45) is 0.381. The molecule has 1 fully saturated rings. The first-order chi connectivity index (χ1) is 12.9. The molecule has 1 aliphatic heterocycles. The standard InChI is InChI=1S/C18H19N3O5S/c1-26-14-7-5-12(6-8-14)19-17(22)15-3-2-4-16(21-15)18(23)20-13-9-10-27(24,25)11-13/h2-8,13H,9-11H2,1H3,(H,19,22)(H,20,23). The van der Waals surface area contributed by atoms with Gasteiger partial charge in [-0.15, -0.1) is 0 Å². The highest BCUT2D eigenvalue weighted by Gasteiger charge is 2.29. The number of hydrogen-bond acceptors (Lipinski definition) is 6. The third-order valence-corrected chi connectivity index (χ3v) is 5.90. The number of hydrogen-bond donors (Lipinski definition) is 2. The largest absolute Gasteiger partial charge is 0.497 e. The molecule has 0 spiro atoms. The van der Waals surface area contributed by atoms with E-state index in [9.17, 15) is 18.0 Å². The van der Waals surface area contributed by atoms with Crippen molar-refractivity contribution >= 4 is 27.3 Å². The number of pyridine rings is 1. The van der Waals surface area contributed by atoms with Gasteiger partial charge in [0.05, 0.1) is 18.6 Å². The molecule has 0 aliphatic carbocycles. The summed E-state index contributed by atoms with van der Waals surface area (Å²) >= 11 is 0. The van der Waals surface area contributed by atoms with Crippen LogP contribution in [-0.4, -0.2) is 49.9 Å². The van der Waals surface area contributed by atoms with Crippen molar-refractivity contribution < 1.29 is 22.7 Å². The van der Waals surface area contributed by atoms with Crippen LogP contribution in [0.5, 0.6) is 5.75 Å². The topological polar surface area (TPSA) is 114 Å². The van der Waals surface area contributed by atoms with Crippen LogP contribution in [0.1, 0.15) is 27.4 Å². The molecule has 0 saturated carbocycles. The number of amides is 2. The molecule has 27 heavy (non-hydrogen) atoms. The minimum Gasteiger partial charge on any atom is -0.497 e. The zero-order valence-electron chi connectivity index (χ0n) is 14.6. The van der Waals surface area contributed by atoms with Crippen molar-refractivity contribution in [3.05, 3.63) is 53.9 Å². The highest BCUT2D eigenvalue weighted by molar-refractivity contribution is 7.91. The van der Waals surface area contributed by atoms with Crippen molar-refractivity contribution in [3.8, 4) is 5.75 Å². The quantitative estimate of drug-likeness (QED) is 0.796. The van der Waals surface area contributed by atoms with E-state index in [0.717, 1.165) is 0 Å². The lowest BCUT2D eigenvalue weighted by atomic mass is 10.2. The molecule has 1 unspecified atom stereocenters. The van der Waals surface area contributed by atoms with Crippen LogP contribution >= 0.6 is 0 Å². The molecule has 2 amide bonds. The molecule has 1 atom stereocenters. The van der Waals surface area contributed by atoms with E-state index in [4.69, 9.17) is 4.74 Å². The minimum atomic E-state index is -3.09. The lowest BCUT2D eigenvalue weighted by Crippen LogP contribution is -2.36. The molecule has 8 nitrogen and oxygen atoms in total. The highest BCUT2D eigenvalue weighted by atomic mass is 32.2. The molecule has 0 bridgehead atoms. The van der Waals surface area contributed by atoms with Gasteiger partial charge >= 0.3 is 0 Å². The van der Waals surface area contributed by atoms with Crippen LogP contribution < -0.4 is 15.4 Å². The fourth-order valence-electron chi connectivity index (χ4n) is 2.73. The summed E-state index contributed by atoms with van der Waals surface area (Å²) in [6, 6.07) is 10.9. The number of aromatic nitrogens is 1. The maximum atomic E-state index is 12.4. The summed E-state index contributed by atoms with van der Waals surface area (Å²) in [6.45, 7) is 0. The van der Waals surface area contributed by atoms with Crippen LogP contribution in [0.4, 0.5) is 5.69 Å². The minimum absolute atomic E-state index is 0.0571. The first-order valence-electron chi connectivity index (χ1n) is 8.30. The lowest BCUT2D eigenvalue weighted by Gasteiger charge is -2.11. The predicted molar refractivity (Wildman–Crippen MR) is 99.7 cm³/mol. The summed E-state index contributed by atoms with van der Waals surface area (Å²) in [5, 5.41) is 5.34. The smallest absolute Gasteiger partial charge is 0.274 e. The maximum Gasteiger partial charge on any atom is 0.274 e. The fraction of sp³-hybridized carbons (Fsp3) is 0.278. The summed E-state index contributed by atoms with van der Waals surface area (Å²) in [5.41, 5.74) is 0.702. The SMILES string of the molecule is COc1ccc(NC(=O)c2cccc(C(=O)NC3CCS(=O)(=O)C3)n2)cc1. The fourth-order valence-corrected chi connectivity index (χ4v) is 4.40. The van der Waals surface area contributed by atoms with Crippen LogP contribution in [0.25, 0.3) is 0 Å². The number of carbonyl (C=O) groups is 2. The van der Waals surface area contributed by atoms with E-state index in [-0.39, 0.29) is 22.9 Å². The first kappa shape index (κ1) is 18.8. The van der Waals surface area contributed by atoms with Gasteiger partial charge in [0.15, 0.2) is 9.84 Å². The lowest BCUT2D eigenvalue weighted by molar-refractivity contribution is 0.0936. The summed E-state index contributed by atoms with van der Waals surface area (Å²) in [5.74, 6) is -0.306. The van der Waals surface area contributed by atoms with Crippen LogP contribution in [0.2, 0.25) is 0 Å². The van der Waals surface area contributed by atoms with Gasteiger partial charge in [-0.2, -0.15) is 0 Å². The molecular weight excluding hydrogens is 370 g/mol. The van der Waals surface area contributed by atoms with Crippen LogP contribution in [0.15, 0.2) is 42.5 Å². The number of nitrogens with zero attached hydrogens (tertiary/aromatic N) is 1. The van der Waals surface area contributed by atoms with Crippen molar-refractivity contribution in [2.24, 2.45) is 0 Å². The van der Waals surface area contributed by atoms with Gasteiger partial charge in [-0.3, -0.25) is 9.59 Å². The number of anilines is 1. The van der Waals surface area contributed by atoms with E-state index < -0.39 is 27.7 Å². The number of nitrogens with one attached hydrogen (secondary N) is 2. The van der Waals surface area contributed by atoms with Gasteiger partial charge in [-0.05, 0) is 42.8 Å². The molecule has 2 N–H and O–H groups in total. The molecule has 1 saturated heterocycles. The zero-order valence-corrected chi connectivity index (χ0v) is 15.5. The van der Waals surface area contributed by atoms with Crippen molar-refractivity contribution in [1.29, 1.82) is 0 Å². The molecule has 2 aromatic rings. The van der Waals surface area contributed by atoms with Crippen molar-refractivity contribution in [1.82, 2.24) is 10.3 Å². The Hall–Kier alpha value is -2.94. The van der Waals surface area contributed by atoms with Gasteiger partial charge in [0.2, 0.25) is 0 Å². The molecule has 2 heterocycles. The van der Waals surface area contributed by atoms with E-state index in [2.05, 4.69) is 15.6 Å². The maximum absolute atomic E-state index is 12.4. The second-order valence-electron chi connectivity index (χ2n) is 6.16. The van der Waals surface area contributed by atoms with Crippen molar-refractivity contribution in [2.45, 2.75) is 12.5 Å². The number of ether oxygens (including phenoxy) is 1. The number of carbonyl (C=O) groups excluding carboxylic acids is 2. The molecule has 9 heteroatoms. The molecule has 3 rings (SSSR count). The summed E-state index contributed by atoms with van der Waals surface area (Å²) in [4.78, 5) is 28.7. The van der Waals surface area contributed by atoms with Crippen LogP contribution in [0, 0.1) is 0 Å². The van der Waals surface area contributed by atoms with E-state index >= 15 is 0 Å². The number of rotatable bonds is 5. The molecular formula is C18H19N3O5S. The Kier molecular flexibility index (Phi) is 5.41. The summed E-state index contributed by atoms with van der Waals surface area (Å²) in [7, 11) is -1.54. The van der Waals surface area contributed by atoms with Crippen molar-refractivity contribution in [3.63, 3.8) is 0 Å². The Bertz CT molecular complexity index is 957. The monoisotopic (exact) mass is 389 g/mol. The van der Waals surface area contributed by atoms with E-state index in [1.165, 1.54) is 12.1 Å². The van der Waals surface area contributed by atoms with Gasteiger partial charge < -0.3 is 15.4 Å². The Balaban J connectivity index is 1.67. The predicted octanol–water partition coefficient (Wildman–Crippen LogP) is 1.26. The second-order valence-corrected chi connectivity index (χ2v) is 8.39. The van der Waals surface area contributed by atoms with Gasteiger partial charge in [0.25, 0.3) is 11.8 Å². The number of sulfone groups is 1. The first-order valence-corrected chi connectivity index (χ1v) is 10.1.